The minimum Gasteiger partial charge on any atom is -0.395 e. The van der Waals surface area contributed by atoms with Crippen molar-refractivity contribution in [3.63, 3.8) is 0 Å². The van der Waals surface area contributed by atoms with Crippen LogP contribution >= 0.6 is 0 Å². The van der Waals surface area contributed by atoms with E-state index in [0.29, 0.717) is 12.0 Å². The van der Waals surface area contributed by atoms with Crippen molar-refractivity contribution in [3.05, 3.63) is 35.4 Å². The molecule has 0 aliphatic carbocycles. The van der Waals surface area contributed by atoms with Crippen LogP contribution in [0, 0.1) is 11.8 Å². The van der Waals surface area contributed by atoms with Crippen LogP contribution in [0.1, 0.15) is 35.2 Å². The molecule has 1 amide bonds. The average molecular weight is 286 g/mol. The highest BCUT2D eigenvalue weighted by Gasteiger charge is 2.19. The Morgan fingerprint density at radius 2 is 2.19 bits per heavy atom. The first-order valence-electron chi connectivity index (χ1n) is 7.38. The van der Waals surface area contributed by atoms with Crippen LogP contribution in [-0.2, 0) is 0 Å². The van der Waals surface area contributed by atoms with E-state index in [2.05, 4.69) is 29.1 Å². The summed E-state index contributed by atoms with van der Waals surface area (Å²) in [7, 11) is 2.08. The standard InChI is InChI=1S/C17H22N2O2/c1-19-11-4-6-16(13-19)18-17(21)15-9-7-14(8-10-15)5-2-3-12-20/h7-10,16,20H,3-4,6,11-13H2,1H3,(H,18,21). The molecule has 1 heterocycles. The summed E-state index contributed by atoms with van der Waals surface area (Å²) in [4.78, 5) is 14.4. The molecule has 1 atom stereocenters. The van der Waals surface area contributed by atoms with Crippen molar-refractivity contribution in [3.8, 4) is 11.8 Å². The second kappa shape index (κ2) is 7.82. The number of nitrogens with zero attached hydrogens (tertiary/aromatic N) is 1. The quantitative estimate of drug-likeness (QED) is 0.822. The number of likely N-dealkylation sites (tertiary alicyclic amines) is 1. The fourth-order valence-electron chi connectivity index (χ4n) is 2.48. The molecular weight excluding hydrogens is 264 g/mol. The number of hydrogen-bond acceptors (Lipinski definition) is 3. The zero-order valence-corrected chi connectivity index (χ0v) is 12.4. The maximum absolute atomic E-state index is 12.2. The maximum atomic E-state index is 12.2. The van der Waals surface area contributed by atoms with Gasteiger partial charge in [-0.25, -0.2) is 0 Å². The molecule has 2 N–H and O–H groups in total. The van der Waals surface area contributed by atoms with Crippen molar-refractivity contribution in [2.75, 3.05) is 26.7 Å². The zero-order valence-electron chi connectivity index (χ0n) is 12.4. The molecule has 1 saturated heterocycles. The van der Waals surface area contributed by atoms with Gasteiger partial charge in [0, 0.05) is 30.1 Å². The highest BCUT2D eigenvalue weighted by Crippen LogP contribution is 2.10. The Kier molecular flexibility index (Phi) is 5.79. The maximum Gasteiger partial charge on any atom is 0.251 e. The second-order valence-corrected chi connectivity index (χ2v) is 5.43. The number of benzene rings is 1. The van der Waals surface area contributed by atoms with Gasteiger partial charge in [-0.3, -0.25) is 4.79 Å². The highest BCUT2D eigenvalue weighted by atomic mass is 16.2. The molecule has 1 fully saturated rings. The predicted octanol–water partition coefficient (Wildman–Crippen LogP) is 1.24. The molecule has 112 valence electrons. The van der Waals surface area contributed by atoms with E-state index in [1.165, 1.54) is 0 Å². The minimum atomic E-state index is -0.0230. The fraction of sp³-hybridized carbons (Fsp3) is 0.471. The molecule has 4 nitrogen and oxygen atoms in total. The van der Waals surface area contributed by atoms with E-state index < -0.39 is 0 Å². The summed E-state index contributed by atoms with van der Waals surface area (Å²) >= 11 is 0. The Balaban J connectivity index is 1.92. The van der Waals surface area contributed by atoms with E-state index in [1.807, 2.05) is 12.1 Å². The van der Waals surface area contributed by atoms with Crippen LogP contribution in [0.2, 0.25) is 0 Å². The molecule has 0 aromatic heterocycles. The van der Waals surface area contributed by atoms with Crippen molar-refractivity contribution in [2.24, 2.45) is 0 Å². The first-order valence-corrected chi connectivity index (χ1v) is 7.38. The van der Waals surface area contributed by atoms with Crippen LogP contribution in [0.4, 0.5) is 0 Å². The van der Waals surface area contributed by atoms with E-state index >= 15 is 0 Å². The summed E-state index contributed by atoms with van der Waals surface area (Å²) in [5, 5.41) is 11.8. The van der Waals surface area contributed by atoms with Gasteiger partial charge in [0.15, 0.2) is 0 Å². The Hall–Kier alpha value is -1.83. The Labute approximate surface area is 126 Å². The Bertz CT molecular complexity index is 528. The number of aliphatic hydroxyl groups excluding tert-OH is 1. The molecule has 4 heteroatoms. The number of piperidine rings is 1. The number of carbonyl (C=O) groups excluding carboxylic acids is 1. The third-order valence-electron chi connectivity index (χ3n) is 3.58. The van der Waals surface area contributed by atoms with E-state index in [-0.39, 0.29) is 18.6 Å². The van der Waals surface area contributed by atoms with Crippen molar-refractivity contribution in [2.45, 2.75) is 25.3 Å². The molecule has 0 bridgehead atoms. The second-order valence-electron chi connectivity index (χ2n) is 5.43. The summed E-state index contributed by atoms with van der Waals surface area (Å²) in [5.74, 6) is 5.79. The third-order valence-corrected chi connectivity index (χ3v) is 3.58. The third kappa shape index (κ3) is 4.89. The first kappa shape index (κ1) is 15.6. The van der Waals surface area contributed by atoms with Gasteiger partial charge in [-0.1, -0.05) is 11.8 Å². The molecule has 0 spiro atoms. The van der Waals surface area contributed by atoms with Crippen LogP contribution in [0.25, 0.3) is 0 Å². The first-order chi connectivity index (χ1) is 10.2. The van der Waals surface area contributed by atoms with Crippen molar-refractivity contribution >= 4 is 5.91 Å². The van der Waals surface area contributed by atoms with Crippen LogP contribution in [0.5, 0.6) is 0 Å². The van der Waals surface area contributed by atoms with Crippen molar-refractivity contribution < 1.29 is 9.90 Å². The van der Waals surface area contributed by atoms with E-state index in [4.69, 9.17) is 5.11 Å². The van der Waals surface area contributed by atoms with Crippen molar-refractivity contribution in [1.82, 2.24) is 10.2 Å². The number of aliphatic hydroxyl groups is 1. The summed E-state index contributed by atoms with van der Waals surface area (Å²) in [6.45, 7) is 2.09. The van der Waals surface area contributed by atoms with Crippen LogP contribution < -0.4 is 5.32 Å². The molecule has 21 heavy (non-hydrogen) atoms. The lowest BCUT2D eigenvalue weighted by atomic mass is 10.1. The smallest absolute Gasteiger partial charge is 0.251 e. The predicted molar refractivity (Wildman–Crippen MR) is 83.0 cm³/mol. The number of rotatable bonds is 3. The van der Waals surface area contributed by atoms with Crippen LogP contribution in [0.15, 0.2) is 24.3 Å². The molecule has 1 aromatic rings. The Morgan fingerprint density at radius 1 is 1.43 bits per heavy atom. The number of likely N-dealkylation sites (N-methyl/N-ethyl adjacent to an activating group) is 1. The number of hydrogen-bond donors (Lipinski definition) is 2. The number of nitrogens with one attached hydrogen (secondary N) is 1. The van der Waals surface area contributed by atoms with Gasteiger partial charge in [-0.05, 0) is 50.7 Å². The fourth-order valence-corrected chi connectivity index (χ4v) is 2.48. The largest absolute Gasteiger partial charge is 0.395 e. The van der Waals surface area contributed by atoms with E-state index in [9.17, 15) is 4.79 Å². The van der Waals surface area contributed by atoms with Gasteiger partial charge in [0.1, 0.15) is 0 Å². The van der Waals surface area contributed by atoms with Gasteiger partial charge >= 0.3 is 0 Å². The highest BCUT2D eigenvalue weighted by molar-refractivity contribution is 5.94. The van der Waals surface area contributed by atoms with Gasteiger partial charge in [-0.2, -0.15) is 0 Å². The summed E-state index contributed by atoms with van der Waals surface area (Å²) < 4.78 is 0. The molecule has 1 aliphatic rings. The van der Waals surface area contributed by atoms with Crippen LogP contribution in [-0.4, -0.2) is 48.7 Å². The van der Waals surface area contributed by atoms with Crippen molar-refractivity contribution in [1.29, 1.82) is 0 Å². The number of amides is 1. The molecular formula is C17H22N2O2. The molecule has 1 unspecified atom stereocenters. The monoisotopic (exact) mass is 286 g/mol. The molecule has 2 rings (SSSR count). The number of carbonyl (C=O) groups is 1. The van der Waals surface area contributed by atoms with Crippen LogP contribution in [0.3, 0.4) is 0 Å². The van der Waals surface area contributed by atoms with Gasteiger partial charge in [0.05, 0.1) is 6.61 Å². The molecule has 1 aromatic carbocycles. The van der Waals surface area contributed by atoms with Gasteiger partial charge in [0.25, 0.3) is 5.91 Å². The van der Waals surface area contributed by atoms with Gasteiger partial charge in [-0.15, -0.1) is 0 Å². The van der Waals surface area contributed by atoms with E-state index in [0.717, 1.165) is 31.5 Å². The lowest BCUT2D eigenvalue weighted by Gasteiger charge is -2.30. The average Bonchev–Trinajstić information content (AvgIpc) is 2.48. The zero-order chi connectivity index (χ0) is 15.1. The Morgan fingerprint density at radius 3 is 2.86 bits per heavy atom. The summed E-state index contributed by atoms with van der Waals surface area (Å²) in [6.07, 6.45) is 2.64. The minimum absolute atomic E-state index is 0.0230. The topological polar surface area (TPSA) is 52.6 Å². The normalized spacial score (nSPS) is 18.7. The summed E-state index contributed by atoms with van der Waals surface area (Å²) in [6, 6.07) is 7.51. The summed E-state index contributed by atoms with van der Waals surface area (Å²) in [5.41, 5.74) is 1.52. The van der Waals surface area contributed by atoms with E-state index in [1.54, 1.807) is 12.1 Å². The lowest BCUT2D eigenvalue weighted by Crippen LogP contribution is -2.46. The SMILES string of the molecule is CN1CCCC(NC(=O)c2ccc(C#CCCO)cc2)C1. The lowest BCUT2D eigenvalue weighted by molar-refractivity contribution is 0.0912. The van der Waals surface area contributed by atoms with Gasteiger partial charge < -0.3 is 15.3 Å². The molecule has 0 radical (unpaired) electrons. The van der Waals surface area contributed by atoms with Gasteiger partial charge in [0.2, 0.25) is 0 Å². The molecule has 0 saturated carbocycles. The molecule has 1 aliphatic heterocycles.